The minimum atomic E-state index is -0.257. The van der Waals surface area contributed by atoms with Crippen molar-refractivity contribution in [1.29, 1.82) is 0 Å². The highest BCUT2D eigenvalue weighted by atomic mass is 35.5. The lowest BCUT2D eigenvalue weighted by Gasteiger charge is -2.06. The topological polar surface area (TPSA) is 66.0 Å². The molecule has 0 atom stereocenters. The molecule has 0 saturated heterocycles. The summed E-state index contributed by atoms with van der Waals surface area (Å²) in [7, 11) is 1.65. The first-order valence-corrected chi connectivity index (χ1v) is 8.80. The second-order valence-corrected chi connectivity index (χ2v) is 5.61. The number of aromatic nitrogens is 1. The summed E-state index contributed by atoms with van der Waals surface area (Å²) in [4.78, 5) is 13.4. The zero-order valence-electron chi connectivity index (χ0n) is 14.9. The third-order valence-electron chi connectivity index (χ3n) is 2.73. The maximum Gasteiger partial charge on any atom is 0.225 e. The number of hydrogen-bond donors (Lipinski definition) is 3. The van der Waals surface area contributed by atoms with E-state index in [4.69, 9.17) is 23.2 Å². The van der Waals surface area contributed by atoms with Crippen LogP contribution in [0.5, 0.6) is 0 Å². The van der Waals surface area contributed by atoms with Gasteiger partial charge >= 0.3 is 0 Å². The van der Waals surface area contributed by atoms with Crippen LogP contribution in [-0.2, 0) is 4.79 Å². The fraction of sp³-hybridized carbons (Fsp3) is 0.235. The van der Waals surface area contributed by atoms with E-state index in [1.807, 2.05) is 20.8 Å². The quantitative estimate of drug-likeness (QED) is 0.300. The molecule has 0 fully saturated rings. The van der Waals surface area contributed by atoms with Crippen molar-refractivity contribution in [2.24, 2.45) is 0 Å². The number of hydrogen-bond acceptors (Lipinski definition) is 3. The Morgan fingerprint density at radius 1 is 1.19 bits per heavy atom. The Labute approximate surface area is 168 Å². The van der Waals surface area contributed by atoms with Gasteiger partial charge in [0.1, 0.15) is 16.1 Å². The molecule has 0 unspecified atom stereocenters. The van der Waals surface area contributed by atoms with E-state index >= 15 is 0 Å². The average molecular weight is 419 g/mol. The first kappa shape index (κ1) is 24.0. The third-order valence-corrected chi connectivity index (χ3v) is 3.43. The van der Waals surface area contributed by atoms with Crippen LogP contribution in [0, 0.1) is 12.7 Å². The smallest absolute Gasteiger partial charge is 0.225 e. The summed E-state index contributed by atoms with van der Waals surface area (Å²) in [6, 6.07) is 7.98. The van der Waals surface area contributed by atoms with E-state index in [1.54, 1.807) is 25.2 Å². The second kappa shape index (κ2) is 13.3. The lowest BCUT2D eigenvalue weighted by molar-refractivity contribution is -0.110. The maximum atomic E-state index is 13.0. The van der Waals surface area contributed by atoms with Crippen LogP contribution in [0.1, 0.15) is 19.4 Å². The minimum absolute atomic E-state index is 0.257. The first-order chi connectivity index (χ1) is 12.4. The van der Waals surface area contributed by atoms with E-state index in [2.05, 4.69) is 33.4 Å². The fourth-order valence-electron chi connectivity index (χ4n) is 1.73. The molecule has 0 aliphatic rings. The van der Waals surface area contributed by atoms with Gasteiger partial charge in [0.05, 0.1) is 0 Å². The van der Waals surface area contributed by atoms with Crippen molar-refractivity contribution in [3.63, 3.8) is 0 Å². The number of halogens is 3. The van der Waals surface area contributed by atoms with E-state index in [9.17, 15) is 9.18 Å². The Hall–Kier alpha value is -1.96. The van der Waals surface area contributed by atoms with Crippen molar-refractivity contribution in [1.82, 2.24) is 21.2 Å². The Bertz CT molecular complexity index is 712. The fourth-order valence-corrected chi connectivity index (χ4v) is 2.25. The van der Waals surface area contributed by atoms with Crippen molar-refractivity contribution < 1.29 is 9.18 Å². The van der Waals surface area contributed by atoms with E-state index in [0.29, 0.717) is 21.8 Å². The van der Waals surface area contributed by atoms with Gasteiger partial charge in [-0.2, -0.15) is 0 Å². The van der Waals surface area contributed by atoms with E-state index in [-0.39, 0.29) is 5.82 Å². The van der Waals surface area contributed by atoms with Crippen LogP contribution < -0.4 is 16.2 Å². The maximum absolute atomic E-state index is 13.0. The number of rotatable bonds is 3. The number of pyridine rings is 1. The van der Waals surface area contributed by atoms with E-state index in [0.717, 1.165) is 16.7 Å². The van der Waals surface area contributed by atoms with Crippen LogP contribution >= 0.6 is 35.4 Å². The zero-order chi connectivity index (χ0) is 20.1. The van der Waals surface area contributed by atoms with Gasteiger partial charge in [0.2, 0.25) is 6.41 Å². The number of carbonyl (C=O) groups is 1. The number of benzene rings is 1. The van der Waals surface area contributed by atoms with Crippen molar-refractivity contribution in [2.75, 3.05) is 7.05 Å². The van der Waals surface area contributed by atoms with Gasteiger partial charge in [0, 0.05) is 7.05 Å². The molecule has 0 aliphatic carbocycles. The molecule has 1 heterocycles. The van der Waals surface area contributed by atoms with Crippen LogP contribution in [0.4, 0.5) is 4.39 Å². The molecule has 142 valence electrons. The van der Waals surface area contributed by atoms with Gasteiger partial charge in [-0.05, 0) is 60.1 Å². The molecule has 0 saturated carbocycles. The summed E-state index contributed by atoms with van der Waals surface area (Å²) in [5, 5.41) is 3.64. The van der Waals surface area contributed by atoms with Crippen LogP contribution in [-0.4, -0.2) is 23.6 Å². The highest BCUT2D eigenvalue weighted by Gasteiger charge is 2.06. The molecule has 5 nitrogen and oxygen atoms in total. The zero-order valence-corrected chi connectivity index (χ0v) is 17.2. The first-order valence-electron chi connectivity index (χ1n) is 7.64. The lowest BCUT2D eigenvalue weighted by atomic mass is 10.0. The van der Waals surface area contributed by atoms with Crippen LogP contribution in [0.2, 0.25) is 10.3 Å². The second-order valence-electron chi connectivity index (χ2n) is 4.43. The summed E-state index contributed by atoms with van der Waals surface area (Å²) in [5.74, 6) is -0.257. The summed E-state index contributed by atoms with van der Waals surface area (Å²) >= 11 is 16.2. The molecule has 2 rings (SSSR count). The Balaban J connectivity index is 0.000000533. The number of amides is 1. The van der Waals surface area contributed by atoms with Crippen molar-refractivity contribution >= 4 is 46.9 Å². The average Bonchev–Trinajstić information content (AvgIpc) is 2.61. The van der Waals surface area contributed by atoms with Gasteiger partial charge in [0.25, 0.3) is 0 Å². The molecule has 0 aliphatic heterocycles. The normalized spacial score (nSPS) is 8.88. The number of nitrogens with zero attached hydrogens (tertiary/aromatic N) is 1. The number of thiocarbonyl (C=S) groups is 1. The predicted octanol–water partition coefficient (Wildman–Crippen LogP) is 4.27. The van der Waals surface area contributed by atoms with E-state index < -0.39 is 0 Å². The molecule has 0 radical (unpaired) electrons. The molecule has 26 heavy (non-hydrogen) atoms. The van der Waals surface area contributed by atoms with Gasteiger partial charge < -0.3 is 5.32 Å². The number of aryl methyl sites for hydroxylation is 1. The predicted molar refractivity (Wildman–Crippen MR) is 110 cm³/mol. The summed E-state index contributed by atoms with van der Waals surface area (Å²) in [6.45, 7) is 5.83. The highest BCUT2D eigenvalue weighted by molar-refractivity contribution is 7.80. The van der Waals surface area contributed by atoms with Gasteiger partial charge in [-0.15, -0.1) is 0 Å². The van der Waals surface area contributed by atoms with E-state index in [1.165, 1.54) is 12.1 Å². The molecule has 1 aromatic carbocycles. The molecule has 9 heteroatoms. The van der Waals surface area contributed by atoms with Crippen molar-refractivity contribution in [2.45, 2.75) is 20.8 Å². The number of nitrogens with one attached hydrogen (secondary N) is 3. The van der Waals surface area contributed by atoms with Gasteiger partial charge in [-0.3, -0.25) is 15.6 Å². The Morgan fingerprint density at radius 2 is 1.77 bits per heavy atom. The van der Waals surface area contributed by atoms with Crippen molar-refractivity contribution in [3.05, 3.63) is 52.0 Å². The number of carbonyl (C=O) groups excluding carboxylic acids is 1. The molecule has 1 amide bonds. The monoisotopic (exact) mass is 418 g/mol. The SMILES string of the molecule is CC.CNC(=S)NNC=O.Cc1cc(F)ccc1-c1cc(Cl)nc(Cl)c1. The molecular weight excluding hydrogens is 398 g/mol. The summed E-state index contributed by atoms with van der Waals surface area (Å²) < 4.78 is 13.0. The lowest BCUT2D eigenvalue weighted by Crippen LogP contribution is -2.41. The molecule has 3 N–H and O–H groups in total. The molecular formula is C17H21Cl2FN4OS. The molecule has 1 aromatic heterocycles. The van der Waals surface area contributed by atoms with Crippen LogP contribution in [0.15, 0.2) is 30.3 Å². The van der Waals surface area contributed by atoms with Gasteiger partial charge in [-0.1, -0.05) is 43.1 Å². The summed E-state index contributed by atoms with van der Waals surface area (Å²) in [5.41, 5.74) is 7.11. The van der Waals surface area contributed by atoms with Crippen LogP contribution in [0.25, 0.3) is 11.1 Å². The summed E-state index contributed by atoms with van der Waals surface area (Å²) in [6.07, 6.45) is 0.504. The largest absolute Gasteiger partial charge is 0.364 e. The van der Waals surface area contributed by atoms with Gasteiger partial charge in [0.15, 0.2) is 5.11 Å². The molecule has 0 bridgehead atoms. The van der Waals surface area contributed by atoms with Crippen LogP contribution in [0.3, 0.4) is 0 Å². The van der Waals surface area contributed by atoms with Gasteiger partial charge in [-0.25, -0.2) is 9.37 Å². The highest BCUT2D eigenvalue weighted by Crippen LogP contribution is 2.27. The molecule has 2 aromatic rings. The standard InChI is InChI=1S/C12H8Cl2FN.C3H7N3OS.C2H6/c1-7-4-9(15)2-3-10(7)8-5-11(13)16-12(14)6-8;1-4-3(8)6-5-2-7;1-2/h2-6H,1H3;2H,1H3,(H,5,7)(H2,4,6,8);1-2H3. The Kier molecular flexibility index (Phi) is 12.3. The minimum Gasteiger partial charge on any atom is -0.364 e. The number of hydrazine groups is 1. The van der Waals surface area contributed by atoms with Crippen molar-refractivity contribution in [3.8, 4) is 11.1 Å². The molecule has 0 spiro atoms. The third kappa shape index (κ3) is 8.94. The Morgan fingerprint density at radius 3 is 2.23 bits per heavy atom.